The Morgan fingerprint density at radius 2 is 2.03 bits per heavy atom. The molecule has 0 aliphatic heterocycles. The van der Waals surface area contributed by atoms with E-state index in [0.717, 1.165) is 36.8 Å². The molecule has 1 heterocycles. The number of aryl methyl sites for hydroxylation is 1. The zero-order valence-corrected chi connectivity index (χ0v) is 17.6. The Labute approximate surface area is 178 Å². The second-order valence-electron chi connectivity index (χ2n) is 7.46. The first-order chi connectivity index (χ1) is 14.4. The number of carboxylic acid groups (broad SMARTS) is 1. The SMILES string of the molecule is Cc1ccc(CC(=O)Cc2ncc(C=NOCC(=O)O)s2)c(C(=O)C2CCCC2)c1. The number of carboxylic acids is 1. The largest absolute Gasteiger partial charge is 0.479 e. The molecule has 8 heteroatoms. The fraction of sp³-hybridized carbons (Fsp3) is 0.409. The van der Waals surface area contributed by atoms with E-state index in [4.69, 9.17) is 5.11 Å². The van der Waals surface area contributed by atoms with Gasteiger partial charge in [-0.1, -0.05) is 35.7 Å². The highest BCUT2D eigenvalue weighted by Gasteiger charge is 2.26. The molecule has 0 spiro atoms. The Bertz CT molecular complexity index is 960. The van der Waals surface area contributed by atoms with Crippen LogP contribution in [-0.4, -0.2) is 40.4 Å². The van der Waals surface area contributed by atoms with E-state index < -0.39 is 12.6 Å². The van der Waals surface area contributed by atoms with E-state index in [1.54, 1.807) is 6.20 Å². The normalized spacial score (nSPS) is 14.3. The van der Waals surface area contributed by atoms with E-state index in [-0.39, 0.29) is 30.3 Å². The van der Waals surface area contributed by atoms with Crippen molar-refractivity contribution in [3.05, 3.63) is 51.0 Å². The number of nitrogens with zero attached hydrogens (tertiary/aromatic N) is 2. The maximum atomic E-state index is 12.9. The van der Waals surface area contributed by atoms with Crippen molar-refractivity contribution in [1.82, 2.24) is 4.98 Å². The van der Waals surface area contributed by atoms with Gasteiger partial charge in [-0.3, -0.25) is 9.59 Å². The van der Waals surface area contributed by atoms with E-state index in [9.17, 15) is 14.4 Å². The zero-order chi connectivity index (χ0) is 21.5. The Hall–Kier alpha value is -2.87. The molecule has 0 saturated heterocycles. The number of hydrogen-bond acceptors (Lipinski definition) is 7. The van der Waals surface area contributed by atoms with Crippen LogP contribution in [0.3, 0.4) is 0 Å². The Morgan fingerprint density at radius 1 is 1.27 bits per heavy atom. The van der Waals surface area contributed by atoms with E-state index in [1.807, 2.05) is 25.1 Å². The van der Waals surface area contributed by atoms with E-state index in [1.165, 1.54) is 17.6 Å². The first-order valence-corrected chi connectivity index (χ1v) is 10.7. The smallest absolute Gasteiger partial charge is 0.344 e. The molecule has 1 aliphatic carbocycles. The number of benzene rings is 1. The summed E-state index contributed by atoms with van der Waals surface area (Å²) in [5.41, 5.74) is 2.47. The van der Waals surface area contributed by atoms with Crippen LogP contribution >= 0.6 is 11.3 Å². The quantitative estimate of drug-likeness (QED) is 0.352. The third-order valence-corrected chi connectivity index (χ3v) is 5.94. The standard InChI is InChI=1S/C22H24N2O5S/c1-14-6-7-16(19(8-14)22(28)15-4-2-3-5-15)9-17(25)10-20-23-11-18(30-20)12-24-29-13-21(26)27/h6-8,11-12,15H,2-5,9-10,13H2,1H3,(H,26,27). The molecule has 3 rings (SSSR count). The molecule has 0 bridgehead atoms. The molecule has 0 amide bonds. The number of hydrogen-bond donors (Lipinski definition) is 1. The molecule has 0 unspecified atom stereocenters. The molecule has 1 aliphatic rings. The predicted octanol–water partition coefficient (Wildman–Crippen LogP) is 3.61. The first kappa shape index (κ1) is 21.8. The summed E-state index contributed by atoms with van der Waals surface area (Å²) < 4.78 is 0. The van der Waals surface area contributed by atoms with Crippen LogP contribution in [0.5, 0.6) is 0 Å². The molecule has 2 aromatic rings. The van der Waals surface area contributed by atoms with Crippen molar-refractivity contribution in [1.29, 1.82) is 0 Å². The van der Waals surface area contributed by atoms with Gasteiger partial charge in [0.05, 0.1) is 17.5 Å². The average molecular weight is 429 g/mol. The minimum atomic E-state index is -1.11. The number of aromatic nitrogens is 1. The fourth-order valence-corrected chi connectivity index (χ4v) is 4.38. The highest BCUT2D eigenvalue weighted by atomic mass is 32.1. The second-order valence-corrected chi connectivity index (χ2v) is 8.60. The third kappa shape index (κ3) is 6.06. The van der Waals surface area contributed by atoms with Crippen LogP contribution in [0, 0.1) is 12.8 Å². The lowest BCUT2D eigenvalue weighted by Crippen LogP contribution is -2.16. The van der Waals surface area contributed by atoms with Crippen molar-refractivity contribution in [3.63, 3.8) is 0 Å². The van der Waals surface area contributed by atoms with Gasteiger partial charge in [-0.2, -0.15) is 0 Å². The number of Topliss-reactive ketones (excluding diaryl/α,β-unsaturated/α-hetero) is 2. The van der Waals surface area contributed by atoms with Gasteiger partial charge >= 0.3 is 5.97 Å². The number of rotatable bonds is 10. The molecule has 1 aromatic heterocycles. The third-order valence-electron chi connectivity index (χ3n) is 5.01. The van der Waals surface area contributed by atoms with Gasteiger partial charge in [-0.15, -0.1) is 11.3 Å². The molecule has 0 radical (unpaired) electrons. The van der Waals surface area contributed by atoms with Crippen LogP contribution in [0.1, 0.15) is 57.1 Å². The van der Waals surface area contributed by atoms with Crippen molar-refractivity contribution in [2.75, 3.05) is 6.61 Å². The van der Waals surface area contributed by atoms with Gasteiger partial charge in [0.15, 0.2) is 5.78 Å². The lowest BCUT2D eigenvalue weighted by Gasteiger charge is -2.13. The zero-order valence-electron chi connectivity index (χ0n) is 16.8. The van der Waals surface area contributed by atoms with Gasteiger partial charge in [-0.05, 0) is 31.4 Å². The monoisotopic (exact) mass is 428 g/mol. The van der Waals surface area contributed by atoms with Crippen LogP contribution in [0.2, 0.25) is 0 Å². The maximum absolute atomic E-state index is 12.9. The van der Waals surface area contributed by atoms with Crippen LogP contribution in [-0.2, 0) is 27.3 Å². The van der Waals surface area contributed by atoms with Crippen molar-refractivity contribution >= 4 is 35.1 Å². The highest BCUT2D eigenvalue weighted by molar-refractivity contribution is 7.13. The van der Waals surface area contributed by atoms with Crippen LogP contribution in [0.4, 0.5) is 0 Å². The summed E-state index contributed by atoms with van der Waals surface area (Å²) in [7, 11) is 0. The molecule has 1 N–H and O–H groups in total. The molecule has 158 valence electrons. The van der Waals surface area contributed by atoms with Gasteiger partial charge < -0.3 is 9.94 Å². The Kier molecular flexibility index (Phi) is 7.46. The molecule has 7 nitrogen and oxygen atoms in total. The number of oxime groups is 1. The fourth-order valence-electron chi connectivity index (χ4n) is 3.57. The van der Waals surface area contributed by atoms with Gasteiger partial charge in [0.25, 0.3) is 0 Å². The number of carbonyl (C=O) groups excluding carboxylic acids is 2. The van der Waals surface area contributed by atoms with Crippen LogP contribution < -0.4 is 0 Å². The predicted molar refractivity (Wildman–Crippen MR) is 113 cm³/mol. The van der Waals surface area contributed by atoms with E-state index in [2.05, 4.69) is 15.0 Å². The summed E-state index contributed by atoms with van der Waals surface area (Å²) in [6, 6.07) is 5.72. The topological polar surface area (TPSA) is 106 Å². The summed E-state index contributed by atoms with van der Waals surface area (Å²) in [5.74, 6) is -0.887. The molecule has 1 fully saturated rings. The molecule has 30 heavy (non-hydrogen) atoms. The average Bonchev–Trinajstić information content (AvgIpc) is 3.38. The minimum absolute atomic E-state index is 0.0145. The van der Waals surface area contributed by atoms with Gasteiger partial charge in [0.2, 0.25) is 6.61 Å². The lowest BCUT2D eigenvalue weighted by molar-refractivity contribution is -0.142. The van der Waals surface area contributed by atoms with E-state index in [0.29, 0.717) is 15.4 Å². The van der Waals surface area contributed by atoms with Crippen molar-refractivity contribution < 1.29 is 24.3 Å². The summed E-state index contributed by atoms with van der Waals surface area (Å²) in [6.07, 6.45) is 7.33. The van der Waals surface area contributed by atoms with Crippen molar-refractivity contribution in [3.8, 4) is 0 Å². The molecule has 1 aromatic carbocycles. The van der Waals surface area contributed by atoms with Crippen molar-refractivity contribution in [2.45, 2.75) is 45.4 Å². The Morgan fingerprint density at radius 3 is 2.77 bits per heavy atom. The number of carbonyl (C=O) groups is 3. The summed E-state index contributed by atoms with van der Waals surface area (Å²) >= 11 is 1.29. The molecular formula is C22H24N2O5S. The molecular weight excluding hydrogens is 404 g/mol. The summed E-state index contributed by atoms with van der Waals surface area (Å²) in [6.45, 7) is 1.44. The minimum Gasteiger partial charge on any atom is -0.479 e. The van der Waals surface area contributed by atoms with Crippen LogP contribution in [0.15, 0.2) is 29.6 Å². The highest BCUT2D eigenvalue weighted by Crippen LogP contribution is 2.29. The Balaban J connectivity index is 1.62. The summed E-state index contributed by atoms with van der Waals surface area (Å²) in [5, 5.41) is 12.7. The molecule has 0 atom stereocenters. The number of ketones is 2. The lowest BCUT2D eigenvalue weighted by atomic mass is 9.90. The van der Waals surface area contributed by atoms with Crippen LogP contribution in [0.25, 0.3) is 0 Å². The summed E-state index contributed by atoms with van der Waals surface area (Å²) in [4.78, 5) is 45.4. The van der Waals surface area contributed by atoms with Crippen molar-refractivity contribution in [2.24, 2.45) is 11.1 Å². The first-order valence-electron chi connectivity index (χ1n) is 9.89. The van der Waals surface area contributed by atoms with Gasteiger partial charge in [0, 0.05) is 24.1 Å². The number of thiazole rings is 1. The second kappa shape index (κ2) is 10.2. The van der Waals surface area contributed by atoms with E-state index >= 15 is 0 Å². The molecule has 1 saturated carbocycles. The van der Waals surface area contributed by atoms with Gasteiger partial charge in [0.1, 0.15) is 10.8 Å². The number of aliphatic carboxylic acids is 1. The van der Waals surface area contributed by atoms with Gasteiger partial charge in [-0.25, -0.2) is 9.78 Å². The maximum Gasteiger partial charge on any atom is 0.344 e.